The third kappa shape index (κ3) is 4.71. The molecule has 1 saturated heterocycles. The van der Waals surface area contributed by atoms with Crippen LogP contribution in [0.3, 0.4) is 0 Å². The number of likely N-dealkylation sites (tertiary alicyclic amines) is 1. The third-order valence-corrected chi connectivity index (χ3v) is 6.56. The minimum Gasteiger partial charge on any atom is -0.353 e. The maximum absolute atomic E-state index is 12.5. The maximum Gasteiger partial charge on any atom is 0.239 e. The number of nitrogens with one attached hydrogen (secondary N) is 1. The summed E-state index contributed by atoms with van der Waals surface area (Å²) in [6, 6.07) is 12.1. The normalized spacial score (nSPS) is 17.0. The molecule has 4 rings (SSSR count). The monoisotopic (exact) mass is 428 g/mol. The van der Waals surface area contributed by atoms with Crippen LogP contribution in [0.15, 0.2) is 48.0 Å². The van der Waals surface area contributed by atoms with Gasteiger partial charge < -0.3 is 9.88 Å². The molecule has 3 aromatic rings. The number of thiazole rings is 1. The Labute approximate surface area is 180 Å². The second-order valence-corrected chi connectivity index (χ2v) is 8.59. The molecule has 0 saturated carbocycles. The second kappa shape index (κ2) is 9.11. The zero-order chi connectivity index (χ0) is 20.2. The van der Waals surface area contributed by atoms with Crippen LogP contribution in [0.4, 0.5) is 0 Å². The highest BCUT2D eigenvalue weighted by atomic mass is 35.5. The number of likely N-dealkylation sites (N-methyl/N-ethyl adjacent to an activating group) is 1. The van der Waals surface area contributed by atoms with E-state index in [9.17, 15) is 4.79 Å². The van der Waals surface area contributed by atoms with E-state index >= 15 is 0 Å². The number of rotatable bonds is 7. The van der Waals surface area contributed by atoms with Gasteiger partial charge in [-0.05, 0) is 50.2 Å². The number of aromatic nitrogens is 2. The summed E-state index contributed by atoms with van der Waals surface area (Å²) in [5, 5.41) is 6.76. The molecule has 1 fully saturated rings. The van der Waals surface area contributed by atoms with Crippen molar-refractivity contribution in [2.75, 3.05) is 19.6 Å². The molecule has 1 amide bonds. The van der Waals surface area contributed by atoms with E-state index in [0.29, 0.717) is 17.6 Å². The van der Waals surface area contributed by atoms with Gasteiger partial charge in [-0.1, -0.05) is 30.7 Å². The van der Waals surface area contributed by atoms with Gasteiger partial charge >= 0.3 is 0 Å². The predicted molar refractivity (Wildman–Crippen MR) is 119 cm³/mol. The molecule has 1 N–H and O–H groups in total. The summed E-state index contributed by atoms with van der Waals surface area (Å²) in [6.07, 6.45) is 4.32. The van der Waals surface area contributed by atoms with Crippen LogP contribution < -0.4 is 5.32 Å². The average Bonchev–Trinajstić information content (AvgIpc) is 3.47. The van der Waals surface area contributed by atoms with Gasteiger partial charge in [-0.15, -0.1) is 11.3 Å². The van der Waals surface area contributed by atoms with Crippen LogP contribution in [0.1, 0.15) is 19.8 Å². The van der Waals surface area contributed by atoms with Crippen LogP contribution in [0.25, 0.3) is 22.0 Å². The molecule has 5 nitrogen and oxygen atoms in total. The number of carbonyl (C=O) groups excluding carboxylic acids is 1. The smallest absolute Gasteiger partial charge is 0.239 e. The van der Waals surface area contributed by atoms with E-state index < -0.39 is 0 Å². The molecule has 3 heterocycles. The number of nitrogens with zero attached hydrogens (tertiary/aromatic N) is 3. The van der Waals surface area contributed by atoms with E-state index in [1.807, 2.05) is 52.5 Å². The van der Waals surface area contributed by atoms with E-state index in [4.69, 9.17) is 16.6 Å². The topological polar surface area (TPSA) is 50.2 Å². The van der Waals surface area contributed by atoms with Crippen molar-refractivity contribution in [3.63, 3.8) is 0 Å². The van der Waals surface area contributed by atoms with Gasteiger partial charge in [0.1, 0.15) is 11.6 Å². The first-order valence-corrected chi connectivity index (χ1v) is 11.3. The molecule has 0 spiro atoms. The van der Waals surface area contributed by atoms with Gasteiger partial charge in [0.2, 0.25) is 5.91 Å². The van der Waals surface area contributed by atoms with Crippen molar-refractivity contribution in [3.05, 3.63) is 53.0 Å². The summed E-state index contributed by atoms with van der Waals surface area (Å²) < 4.78 is 1.96. The maximum atomic E-state index is 12.5. The molecular weight excluding hydrogens is 404 g/mol. The predicted octanol–water partition coefficient (Wildman–Crippen LogP) is 4.53. The lowest BCUT2D eigenvalue weighted by molar-refractivity contribution is -0.121. The van der Waals surface area contributed by atoms with Crippen molar-refractivity contribution < 1.29 is 4.79 Å². The van der Waals surface area contributed by atoms with Crippen LogP contribution in [-0.2, 0) is 11.3 Å². The van der Waals surface area contributed by atoms with Gasteiger partial charge in [0.25, 0.3) is 0 Å². The largest absolute Gasteiger partial charge is 0.353 e. The first kappa shape index (κ1) is 20.1. The molecule has 7 heteroatoms. The van der Waals surface area contributed by atoms with Gasteiger partial charge in [0.05, 0.1) is 11.4 Å². The first-order valence-electron chi connectivity index (χ1n) is 10.0. The lowest BCUT2D eigenvalue weighted by Crippen LogP contribution is -2.41. The van der Waals surface area contributed by atoms with Crippen molar-refractivity contribution in [3.8, 4) is 22.0 Å². The van der Waals surface area contributed by atoms with Crippen molar-refractivity contribution in [2.45, 2.75) is 32.4 Å². The van der Waals surface area contributed by atoms with E-state index in [-0.39, 0.29) is 5.91 Å². The Balaban J connectivity index is 1.41. The lowest BCUT2D eigenvalue weighted by Gasteiger charge is -2.23. The summed E-state index contributed by atoms with van der Waals surface area (Å²) in [4.78, 5) is 19.7. The van der Waals surface area contributed by atoms with Crippen LogP contribution in [0, 0.1) is 0 Å². The molecule has 1 atom stereocenters. The molecular formula is C22H25ClN4OS. The summed E-state index contributed by atoms with van der Waals surface area (Å²) in [7, 11) is 0. The number of carbonyl (C=O) groups is 1. The van der Waals surface area contributed by atoms with Gasteiger partial charge in [0, 0.05) is 34.7 Å². The van der Waals surface area contributed by atoms with Crippen molar-refractivity contribution in [1.82, 2.24) is 19.8 Å². The van der Waals surface area contributed by atoms with Crippen LogP contribution >= 0.6 is 22.9 Å². The number of amides is 1. The molecule has 2 aromatic heterocycles. The average molecular weight is 429 g/mol. The van der Waals surface area contributed by atoms with Crippen LogP contribution in [0.2, 0.25) is 5.02 Å². The van der Waals surface area contributed by atoms with E-state index in [1.54, 1.807) is 11.3 Å². The Morgan fingerprint density at radius 2 is 2.14 bits per heavy atom. The highest BCUT2D eigenvalue weighted by Crippen LogP contribution is 2.29. The summed E-state index contributed by atoms with van der Waals surface area (Å²) in [5.74, 6) is 0.0416. The molecule has 1 aromatic carbocycles. The molecule has 1 aliphatic heterocycles. The van der Waals surface area contributed by atoms with E-state index in [2.05, 4.69) is 17.1 Å². The second-order valence-electron chi connectivity index (χ2n) is 7.29. The van der Waals surface area contributed by atoms with Crippen molar-refractivity contribution in [2.24, 2.45) is 0 Å². The molecule has 0 aliphatic carbocycles. The Morgan fingerprint density at radius 1 is 1.31 bits per heavy atom. The van der Waals surface area contributed by atoms with Gasteiger partial charge in [-0.2, -0.15) is 0 Å². The zero-order valence-electron chi connectivity index (χ0n) is 16.5. The Kier molecular flexibility index (Phi) is 6.33. The first-order chi connectivity index (χ1) is 14.1. The molecule has 29 heavy (non-hydrogen) atoms. The fourth-order valence-corrected chi connectivity index (χ4v) is 4.87. The highest BCUT2D eigenvalue weighted by molar-refractivity contribution is 7.13. The summed E-state index contributed by atoms with van der Waals surface area (Å²) in [6.45, 7) is 5.39. The standard InChI is InChI=1S/C22H25ClN4OS/c1-2-26-11-3-5-18(26)13-24-21(28)14-27-12-4-6-20(27)22-25-19(15-29-22)16-7-9-17(23)10-8-16/h4,6-10,12,15,18H,2-3,5,11,13-14H2,1H3,(H,24,28). The number of benzene rings is 1. The number of hydrogen-bond acceptors (Lipinski definition) is 4. The summed E-state index contributed by atoms with van der Waals surface area (Å²) >= 11 is 7.56. The molecule has 1 aliphatic rings. The summed E-state index contributed by atoms with van der Waals surface area (Å²) in [5.41, 5.74) is 2.91. The molecule has 0 radical (unpaired) electrons. The molecule has 0 bridgehead atoms. The fourth-order valence-electron chi connectivity index (χ4n) is 3.88. The molecule has 1 unspecified atom stereocenters. The van der Waals surface area contributed by atoms with Gasteiger partial charge in [-0.3, -0.25) is 9.69 Å². The zero-order valence-corrected chi connectivity index (χ0v) is 18.0. The van der Waals surface area contributed by atoms with Crippen molar-refractivity contribution in [1.29, 1.82) is 0 Å². The molecule has 152 valence electrons. The Hall–Kier alpha value is -2.15. The number of hydrogen-bond donors (Lipinski definition) is 1. The van der Waals surface area contributed by atoms with Crippen LogP contribution in [-0.4, -0.2) is 46.0 Å². The van der Waals surface area contributed by atoms with Gasteiger partial charge in [0.15, 0.2) is 0 Å². The van der Waals surface area contributed by atoms with Crippen LogP contribution in [0.5, 0.6) is 0 Å². The van der Waals surface area contributed by atoms with E-state index in [0.717, 1.165) is 48.0 Å². The quantitative estimate of drug-likeness (QED) is 0.601. The fraction of sp³-hybridized carbons (Fsp3) is 0.364. The minimum absolute atomic E-state index is 0.0416. The third-order valence-electron chi connectivity index (χ3n) is 5.45. The SMILES string of the molecule is CCN1CCCC1CNC(=O)Cn1cccc1-c1nc(-c2ccc(Cl)cc2)cs1. The Bertz CT molecular complexity index is 965. The number of halogens is 1. The lowest BCUT2D eigenvalue weighted by atomic mass is 10.2. The van der Waals surface area contributed by atoms with Gasteiger partial charge in [-0.25, -0.2) is 4.98 Å². The Morgan fingerprint density at radius 3 is 2.93 bits per heavy atom. The van der Waals surface area contributed by atoms with Crippen molar-refractivity contribution >= 4 is 28.8 Å². The highest BCUT2D eigenvalue weighted by Gasteiger charge is 2.23. The van der Waals surface area contributed by atoms with E-state index in [1.165, 1.54) is 6.42 Å². The minimum atomic E-state index is 0.0416.